The smallest absolute Gasteiger partial charge is 0.266 e. The van der Waals surface area contributed by atoms with Crippen molar-refractivity contribution in [2.45, 2.75) is 59.5 Å². The zero-order chi connectivity index (χ0) is 26.3. The van der Waals surface area contributed by atoms with Crippen LogP contribution in [0.25, 0.3) is 10.9 Å². The molecular weight excluding hydrogens is 450 g/mol. The van der Waals surface area contributed by atoms with Crippen molar-refractivity contribution in [1.29, 1.82) is 0 Å². The van der Waals surface area contributed by atoms with Gasteiger partial charge in [-0.25, -0.2) is 5.48 Å². The van der Waals surface area contributed by atoms with E-state index in [1.54, 1.807) is 11.7 Å². The molecule has 0 unspecified atom stereocenters. The van der Waals surface area contributed by atoms with Gasteiger partial charge in [-0.1, -0.05) is 52.8 Å². The molecule has 10 nitrogen and oxygen atoms in total. The topological polar surface area (TPSA) is 152 Å². The molecule has 3 atom stereocenters. The molecule has 0 saturated heterocycles. The van der Waals surface area contributed by atoms with E-state index in [2.05, 4.69) is 20.9 Å². The molecule has 1 heterocycles. The first kappa shape index (κ1) is 27.8. The normalized spacial score (nSPS) is 14.2. The summed E-state index contributed by atoms with van der Waals surface area (Å²) in [5.74, 6) is -3.38. The van der Waals surface area contributed by atoms with Crippen molar-refractivity contribution in [3.8, 4) is 0 Å². The van der Waals surface area contributed by atoms with Crippen LogP contribution in [0.15, 0.2) is 30.5 Å². The summed E-state index contributed by atoms with van der Waals surface area (Å²) < 4.78 is 0. The van der Waals surface area contributed by atoms with Crippen molar-refractivity contribution in [2.24, 2.45) is 17.3 Å². The Balaban J connectivity index is 2.30. The summed E-state index contributed by atoms with van der Waals surface area (Å²) in [6, 6.07) is 5.30. The Labute approximate surface area is 205 Å². The van der Waals surface area contributed by atoms with Crippen molar-refractivity contribution in [1.82, 2.24) is 26.4 Å². The fourth-order valence-electron chi connectivity index (χ4n) is 4.07. The summed E-state index contributed by atoms with van der Waals surface area (Å²) in [4.78, 5) is 54.5. The Morgan fingerprint density at radius 3 is 2.23 bits per heavy atom. The number of likely N-dealkylation sites (N-methyl/N-ethyl adjacent to an activating group) is 1. The van der Waals surface area contributed by atoms with Crippen molar-refractivity contribution < 1.29 is 24.4 Å². The fourth-order valence-corrected chi connectivity index (χ4v) is 4.07. The summed E-state index contributed by atoms with van der Waals surface area (Å²) in [6.07, 6.45) is 1.93. The van der Waals surface area contributed by atoms with Crippen LogP contribution in [0.5, 0.6) is 0 Å². The van der Waals surface area contributed by atoms with E-state index in [9.17, 15) is 24.4 Å². The second kappa shape index (κ2) is 11.8. The van der Waals surface area contributed by atoms with Gasteiger partial charge in [-0.15, -0.1) is 0 Å². The molecule has 1 aromatic heterocycles. The number of benzene rings is 1. The lowest BCUT2D eigenvalue weighted by Gasteiger charge is -2.33. The number of H-pyrrole nitrogens is 1. The second-order valence-corrected chi connectivity index (χ2v) is 10.2. The molecule has 2 aromatic rings. The highest BCUT2D eigenvalue weighted by Crippen LogP contribution is 2.23. The summed E-state index contributed by atoms with van der Waals surface area (Å²) in [6.45, 7) is 9.19. The van der Waals surface area contributed by atoms with Crippen molar-refractivity contribution in [2.75, 3.05) is 7.05 Å². The monoisotopic (exact) mass is 487 g/mol. The lowest BCUT2D eigenvalue weighted by molar-refractivity contribution is -0.141. The predicted octanol–water partition coefficient (Wildman–Crippen LogP) is 1.64. The van der Waals surface area contributed by atoms with Crippen LogP contribution in [-0.2, 0) is 25.6 Å². The van der Waals surface area contributed by atoms with Crippen LogP contribution in [0, 0.1) is 17.3 Å². The van der Waals surface area contributed by atoms with E-state index >= 15 is 0 Å². The quantitative estimate of drug-likeness (QED) is 0.222. The SMILES string of the molecule is CNC(=O)[C@@H](NC(=O)[C@H](CC(C)C)[C@H](NC(=O)Cc1c[nH]c2ccccc12)C(=O)NO)C(C)(C)C. The van der Waals surface area contributed by atoms with Crippen molar-refractivity contribution >= 4 is 34.5 Å². The van der Waals surface area contributed by atoms with Crippen LogP contribution in [0.4, 0.5) is 0 Å². The molecule has 4 amide bonds. The van der Waals surface area contributed by atoms with Crippen LogP contribution in [0.2, 0.25) is 0 Å². The molecule has 192 valence electrons. The molecule has 0 radical (unpaired) electrons. The van der Waals surface area contributed by atoms with Gasteiger partial charge in [0.05, 0.1) is 12.3 Å². The summed E-state index contributed by atoms with van der Waals surface area (Å²) in [5, 5.41) is 18.2. The third kappa shape index (κ3) is 7.29. The first-order valence-electron chi connectivity index (χ1n) is 11.7. The zero-order valence-electron chi connectivity index (χ0n) is 21.2. The van der Waals surface area contributed by atoms with Crippen molar-refractivity contribution in [3.63, 3.8) is 0 Å². The van der Waals surface area contributed by atoms with Gasteiger partial charge in [0.15, 0.2) is 0 Å². The average molecular weight is 488 g/mol. The number of carbonyl (C=O) groups is 4. The largest absolute Gasteiger partial charge is 0.361 e. The minimum Gasteiger partial charge on any atom is -0.361 e. The van der Waals surface area contributed by atoms with E-state index in [1.807, 2.05) is 58.9 Å². The maximum atomic E-state index is 13.4. The summed E-state index contributed by atoms with van der Waals surface area (Å²) in [5.41, 5.74) is 2.57. The van der Waals surface area contributed by atoms with Gasteiger partial charge in [-0.3, -0.25) is 24.4 Å². The maximum Gasteiger partial charge on any atom is 0.266 e. The number of hydrogen-bond acceptors (Lipinski definition) is 5. The molecule has 2 rings (SSSR count). The fraction of sp³-hybridized carbons (Fsp3) is 0.520. The van der Waals surface area contributed by atoms with Crippen LogP contribution in [0.3, 0.4) is 0 Å². The first-order chi connectivity index (χ1) is 16.4. The van der Waals surface area contributed by atoms with Crippen molar-refractivity contribution in [3.05, 3.63) is 36.0 Å². The van der Waals surface area contributed by atoms with Crippen LogP contribution in [-0.4, -0.2) is 53.0 Å². The van der Waals surface area contributed by atoms with E-state index in [-0.39, 0.29) is 24.7 Å². The molecule has 0 aliphatic carbocycles. The molecular formula is C25H37N5O5. The number of hydrogen-bond donors (Lipinski definition) is 6. The summed E-state index contributed by atoms with van der Waals surface area (Å²) >= 11 is 0. The molecule has 0 spiro atoms. The molecule has 6 N–H and O–H groups in total. The van der Waals surface area contributed by atoms with Gasteiger partial charge in [0.25, 0.3) is 5.91 Å². The first-order valence-corrected chi connectivity index (χ1v) is 11.7. The number of amides is 4. The average Bonchev–Trinajstić information content (AvgIpc) is 3.20. The van der Waals surface area contributed by atoms with Crippen LogP contribution >= 0.6 is 0 Å². The molecule has 10 heteroatoms. The molecule has 0 bridgehead atoms. The van der Waals surface area contributed by atoms with Crippen LogP contribution in [0.1, 0.15) is 46.6 Å². The Hall–Kier alpha value is -3.40. The number of carbonyl (C=O) groups excluding carboxylic acids is 4. The minimum atomic E-state index is -1.34. The standard InChI is InChI=1S/C25H37N5O5/c1-14(2)11-17(22(32)29-21(24(34)26-6)25(3,4)5)20(23(33)30-35)28-19(31)12-15-13-27-18-10-8-7-9-16(15)18/h7-10,13-14,17,20-21,27,35H,11-12H2,1-6H3,(H,26,34)(H,28,31)(H,29,32)(H,30,33)/t17-,20+,21-/m1/s1. The number of aromatic amines is 1. The highest BCUT2D eigenvalue weighted by Gasteiger charge is 2.39. The predicted molar refractivity (Wildman–Crippen MR) is 132 cm³/mol. The number of nitrogens with one attached hydrogen (secondary N) is 5. The van der Waals surface area contributed by atoms with Gasteiger partial charge in [0, 0.05) is 24.1 Å². The molecule has 1 aromatic carbocycles. The molecule has 0 aliphatic heterocycles. The number of aromatic nitrogens is 1. The Bertz CT molecular complexity index is 1060. The number of hydroxylamine groups is 1. The zero-order valence-corrected chi connectivity index (χ0v) is 21.2. The highest BCUT2D eigenvalue weighted by atomic mass is 16.5. The number of para-hydroxylation sites is 1. The lowest BCUT2D eigenvalue weighted by Crippen LogP contribution is -2.59. The molecule has 0 aliphatic rings. The lowest BCUT2D eigenvalue weighted by atomic mass is 9.84. The van der Waals surface area contributed by atoms with Crippen LogP contribution < -0.4 is 21.4 Å². The number of rotatable bonds is 10. The molecule has 0 fully saturated rings. The van der Waals surface area contributed by atoms with Gasteiger partial charge in [0.1, 0.15) is 12.1 Å². The van der Waals surface area contributed by atoms with Gasteiger partial charge >= 0.3 is 0 Å². The molecule has 0 saturated carbocycles. The second-order valence-electron chi connectivity index (χ2n) is 10.2. The van der Waals surface area contributed by atoms with E-state index < -0.39 is 41.1 Å². The maximum absolute atomic E-state index is 13.4. The van der Waals surface area contributed by atoms with E-state index in [1.165, 1.54) is 7.05 Å². The Morgan fingerprint density at radius 1 is 1.00 bits per heavy atom. The highest BCUT2D eigenvalue weighted by molar-refractivity contribution is 5.96. The van der Waals surface area contributed by atoms with Gasteiger partial charge in [-0.2, -0.15) is 0 Å². The minimum absolute atomic E-state index is 0.0154. The number of fused-ring (bicyclic) bond motifs is 1. The van der Waals surface area contributed by atoms with Gasteiger partial charge in [-0.05, 0) is 29.4 Å². The van der Waals surface area contributed by atoms with E-state index in [0.29, 0.717) is 0 Å². The third-order valence-electron chi connectivity index (χ3n) is 5.86. The Morgan fingerprint density at radius 2 is 1.66 bits per heavy atom. The Kier molecular flexibility index (Phi) is 9.41. The van der Waals surface area contributed by atoms with E-state index in [0.717, 1.165) is 16.5 Å². The summed E-state index contributed by atoms with van der Waals surface area (Å²) in [7, 11) is 1.48. The van der Waals surface area contributed by atoms with Gasteiger partial charge < -0.3 is 20.9 Å². The molecule has 35 heavy (non-hydrogen) atoms. The van der Waals surface area contributed by atoms with E-state index in [4.69, 9.17) is 0 Å². The third-order valence-corrected chi connectivity index (χ3v) is 5.86. The van der Waals surface area contributed by atoms with Gasteiger partial charge in [0.2, 0.25) is 17.7 Å².